The maximum atomic E-state index is 6.15. The molecule has 0 aliphatic carbocycles. The van der Waals surface area contributed by atoms with E-state index in [1.165, 1.54) is 0 Å². The lowest BCUT2D eigenvalue weighted by Crippen LogP contribution is -1.90. The molecular formula is C15H12Cl2N2OS. The van der Waals surface area contributed by atoms with Gasteiger partial charge >= 0.3 is 0 Å². The number of nitrogens with one attached hydrogen (secondary N) is 1. The summed E-state index contributed by atoms with van der Waals surface area (Å²) in [6.45, 7) is 2.61. The van der Waals surface area contributed by atoms with Gasteiger partial charge in [0.1, 0.15) is 5.75 Å². The molecule has 6 heteroatoms. The van der Waals surface area contributed by atoms with Crippen LogP contribution in [0.1, 0.15) is 6.92 Å². The number of thiazole rings is 1. The van der Waals surface area contributed by atoms with Crippen LogP contribution in [0.5, 0.6) is 5.75 Å². The van der Waals surface area contributed by atoms with Gasteiger partial charge in [-0.3, -0.25) is 0 Å². The highest BCUT2D eigenvalue weighted by atomic mass is 35.5. The number of fused-ring (bicyclic) bond motifs is 1. The summed E-state index contributed by atoms with van der Waals surface area (Å²) in [6, 6.07) is 11.2. The van der Waals surface area contributed by atoms with Crippen LogP contribution in [0.2, 0.25) is 10.0 Å². The van der Waals surface area contributed by atoms with E-state index >= 15 is 0 Å². The van der Waals surface area contributed by atoms with Crippen LogP contribution in [0.25, 0.3) is 10.2 Å². The van der Waals surface area contributed by atoms with E-state index in [0.717, 1.165) is 26.8 Å². The summed E-state index contributed by atoms with van der Waals surface area (Å²) in [6.07, 6.45) is 0. The van der Waals surface area contributed by atoms with Crippen molar-refractivity contribution in [1.82, 2.24) is 4.98 Å². The molecule has 3 aromatic rings. The van der Waals surface area contributed by atoms with Crippen molar-refractivity contribution in [3.8, 4) is 5.75 Å². The minimum absolute atomic E-state index is 0.566. The Balaban J connectivity index is 1.90. The molecule has 1 N–H and O–H groups in total. The minimum atomic E-state index is 0.566. The van der Waals surface area contributed by atoms with Gasteiger partial charge in [-0.25, -0.2) is 4.98 Å². The lowest BCUT2D eigenvalue weighted by Gasteiger charge is -2.04. The molecule has 0 unspecified atom stereocenters. The Hall–Kier alpha value is -1.49. The largest absolute Gasteiger partial charge is 0.494 e. The Morgan fingerprint density at radius 1 is 1.19 bits per heavy atom. The van der Waals surface area contributed by atoms with Crippen LogP contribution >= 0.6 is 34.5 Å². The fourth-order valence-corrected chi connectivity index (χ4v) is 3.28. The van der Waals surface area contributed by atoms with Crippen molar-refractivity contribution < 1.29 is 4.74 Å². The third-order valence-corrected chi connectivity index (χ3v) is 4.33. The van der Waals surface area contributed by atoms with E-state index in [4.69, 9.17) is 27.9 Å². The monoisotopic (exact) mass is 338 g/mol. The first kappa shape index (κ1) is 14.4. The van der Waals surface area contributed by atoms with Crippen molar-refractivity contribution in [1.29, 1.82) is 0 Å². The molecule has 3 nitrogen and oxygen atoms in total. The van der Waals surface area contributed by atoms with E-state index in [0.29, 0.717) is 16.7 Å². The summed E-state index contributed by atoms with van der Waals surface area (Å²) in [4.78, 5) is 4.53. The molecule has 1 aromatic heterocycles. The van der Waals surface area contributed by atoms with E-state index in [1.54, 1.807) is 23.5 Å². The van der Waals surface area contributed by atoms with E-state index < -0.39 is 0 Å². The SMILES string of the molecule is CCOc1ccc2nc(Nc3ccc(Cl)cc3Cl)sc2c1. The number of ether oxygens (including phenoxy) is 1. The van der Waals surface area contributed by atoms with Crippen LogP contribution in [0.3, 0.4) is 0 Å². The number of halogens is 2. The van der Waals surface area contributed by atoms with Gasteiger partial charge in [0.25, 0.3) is 0 Å². The van der Waals surface area contributed by atoms with E-state index in [1.807, 2.05) is 31.2 Å². The number of hydrogen-bond acceptors (Lipinski definition) is 4. The van der Waals surface area contributed by atoms with Crippen LogP contribution in [0.15, 0.2) is 36.4 Å². The Kier molecular flexibility index (Phi) is 4.19. The maximum Gasteiger partial charge on any atom is 0.188 e. The zero-order chi connectivity index (χ0) is 14.8. The predicted molar refractivity (Wildman–Crippen MR) is 90.5 cm³/mol. The summed E-state index contributed by atoms with van der Waals surface area (Å²) in [5.74, 6) is 0.852. The molecule has 3 rings (SSSR count). The summed E-state index contributed by atoms with van der Waals surface area (Å²) >= 11 is 13.6. The topological polar surface area (TPSA) is 34.1 Å². The standard InChI is InChI=1S/C15H12Cl2N2OS/c1-2-20-10-4-6-13-14(8-10)21-15(19-13)18-12-5-3-9(16)7-11(12)17/h3-8H,2H2,1H3,(H,18,19). The van der Waals surface area contributed by atoms with Crippen molar-refractivity contribution in [3.05, 3.63) is 46.4 Å². The van der Waals surface area contributed by atoms with Crippen LogP contribution in [-0.4, -0.2) is 11.6 Å². The van der Waals surface area contributed by atoms with Gasteiger partial charge in [-0.15, -0.1) is 0 Å². The number of anilines is 2. The van der Waals surface area contributed by atoms with Gasteiger partial charge in [-0.1, -0.05) is 34.5 Å². The van der Waals surface area contributed by atoms with Crippen molar-refractivity contribution >= 4 is 55.6 Å². The average Bonchev–Trinajstić information content (AvgIpc) is 2.84. The molecule has 0 spiro atoms. The Morgan fingerprint density at radius 2 is 2.05 bits per heavy atom. The van der Waals surface area contributed by atoms with Crippen molar-refractivity contribution in [2.45, 2.75) is 6.92 Å². The zero-order valence-electron chi connectivity index (χ0n) is 11.2. The average molecular weight is 339 g/mol. The zero-order valence-corrected chi connectivity index (χ0v) is 13.5. The molecular weight excluding hydrogens is 327 g/mol. The second-order valence-electron chi connectivity index (χ2n) is 4.33. The molecule has 2 aromatic carbocycles. The summed E-state index contributed by atoms with van der Waals surface area (Å²) in [5.41, 5.74) is 1.71. The fraction of sp³-hybridized carbons (Fsp3) is 0.133. The van der Waals surface area contributed by atoms with Crippen LogP contribution in [0, 0.1) is 0 Å². The molecule has 0 saturated carbocycles. The minimum Gasteiger partial charge on any atom is -0.494 e. The van der Waals surface area contributed by atoms with Gasteiger partial charge in [-0.2, -0.15) is 0 Å². The van der Waals surface area contributed by atoms with Gasteiger partial charge in [0.15, 0.2) is 5.13 Å². The number of nitrogens with zero attached hydrogens (tertiary/aromatic N) is 1. The lowest BCUT2D eigenvalue weighted by molar-refractivity contribution is 0.341. The fourth-order valence-electron chi connectivity index (χ4n) is 1.92. The van der Waals surface area contributed by atoms with Crippen LogP contribution < -0.4 is 10.1 Å². The van der Waals surface area contributed by atoms with Crippen LogP contribution in [-0.2, 0) is 0 Å². The number of benzene rings is 2. The van der Waals surface area contributed by atoms with Crippen molar-refractivity contribution in [2.75, 3.05) is 11.9 Å². The van der Waals surface area contributed by atoms with Crippen molar-refractivity contribution in [3.63, 3.8) is 0 Å². The molecule has 0 aliphatic rings. The Morgan fingerprint density at radius 3 is 2.81 bits per heavy atom. The first-order valence-electron chi connectivity index (χ1n) is 6.41. The summed E-state index contributed by atoms with van der Waals surface area (Å²) in [5, 5.41) is 5.17. The number of rotatable bonds is 4. The molecule has 21 heavy (non-hydrogen) atoms. The predicted octanol–water partition coefficient (Wildman–Crippen LogP) is 5.75. The molecule has 0 amide bonds. The van der Waals surface area contributed by atoms with Crippen molar-refractivity contribution in [2.24, 2.45) is 0 Å². The molecule has 1 heterocycles. The summed E-state index contributed by atoms with van der Waals surface area (Å²) < 4.78 is 6.56. The number of aromatic nitrogens is 1. The highest BCUT2D eigenvalue weighted by Crippen LogP contribution is 2.33. The second-order valence-corrected chi connectivity index (χ2v) is 6.21. The quantitative estimate of drug-likeness (QED) is 0.657. The number of hydrogen-bond donors (Lipinski definition) is 1. The molecule has 0 fully saturated rings. The third kappa shape index (κ3) is 3.23. The van der Waals surface area contributed by atoms with Gasteiger partial charge < -0.3 is 10.1 Å². The van der Waals surface area contributed by atoms with E-state index in [9.17, 15) is 0 Å². The normalized spacial score (nSPS) is 10.8. The molecule has 0 saturated heterocycles. The van der Waals surface area contributed by atoms with E-state index in [2.05, 4.69) is 10.3 Å². The molecule has 0 aliphatic heterocycles. The van der Waals surface area contributed by atoms with E-state index in [-0.39, 0.29) is 0 Å². The molecule has 0 bridgehead atoms. The highest BCUT2D eigenvalue weighted by Gasteiger charge is 2.08. The Bertz CT molecular complexity index is 788. The van der Waals surface area contributed by atoms with Gasteiger partial charge in [0.2, 0.25) is 0 Å². The molecule has 0 atom stereocenters. The van der Waals surface area contributed by atoms with Gasteiger partial charge in [0, 0.05) is 5.02 Å². The van der Waals surface area contributed by atoms with Gasteiger partial charge in [-0.05, 0) is 43.3 Å². The Labute approximate surface area is 136 Å². The lowest BCUT2D eigenvalue weighted by atomic mass is 10.3. The third-order valence-electron chi connectivity index (χ3n) is 2.84. The molecule has 0 radical (unpaired) electrons. The van der Waals surface area contributed by atoms with Gasteiger partial charge in [0.05, 0.1) is 27.5 Å². The second kappa shape index (κ2) is 6.10. The molecule has 108 valence electrons. The highest BCUT2D eigenvalue weighted by molar-refractivity contribution is 7.22. The summed E-state index contributed by atoms with van der Waals surface area (Å²) in [7, 11) is 0. The first-order chi connectivity index (χ1) is 10.2. The first-order valence-corrected chi connectivity index (χ1v) is 7.98. The van der Waals surface area contributed by atoms with Crippen LogP contribution in [0.4, 0.5) is 10.8 Å². The maximum absolute atomic E-state index is 6.15. The smallest absolute Gasteiger partial charge is 0.188 e.